The number of rotatable bonds is 7. The van der Waals surface area contributed by atoms with E-state index in [9.17, 15) is 0 Å². The van der Waals surface area contributed by atoms with Crippen molar-refractivity contribution in [2.75, 3.05) is 18.9 Å². The number of nitrogen functional groups attached to an aromatic ring is 1. The van der Waals surface area contributed by atoms with Crippen LogP contribution in [0.5, 0.6) is 11.5 Å². The zero-order chi connectivity index (χ0) is 13.5. The summed E-state index contributed by atoms with van der Waals surface area (Å²) in [5.41, 5.74) is 5.47. The van der Waals surface area contributed by atoms with E-state index in [2.05, 4.69) is 17.2 Å². The Morgan fingerprint density at radius 2 is 1.74 bits per heavy atom. The molecule has 0 atom stereocenters. The van der Waals surface area contributed by atoms with Crippen molar-refractivity contribution in [3.8, 4) is 11.5 Å². The van der Waals surface area contributed by atoms with E-state index >= 15 is 0 Å². The lowest BCUT2D eigenvalue weighted by atomic mass is 10.3. The number of nitrogens with zero attached hydrogens (tertiary/aromatic N) is 3. The molecule has 0 aliphatic rings. The van der Waals surface area contributed by atoms with Crippen LogP contribution in [-0.2, 0) is 6.54 Å². The molecule has 0 unspecified atom stereocenters. The molecule has 1 aromatic heterocycles. The predicted molar refractivity (Wildman–Crippen MR) is 72.2 cm³/mol. The van der Waals surface area contributed by atoms with Crippen LogP contribution in [-0.4, -0.2) is 28.2 Å². The Balaban J connectivity index is 1.76. The normalized spacial score (nSPS) is 10.4. The number of benzene rings is 1. The third-order valence-corrected chi connectivity index (χ3v) is 2.44. The van der Waals surface area contributed by atoms with Crippen molar-refractivity contribution >= 4 is 5.82 Å². The summed E-state index contributed by atoms with van der Waals surface area (Å²) >= 11 is 0. The molecule has 0 saturated heterocycles. The van der Waals surface area contributed by atoms with Crippen molar-refractivity contribution in [3.05, 3.63) is 30.5 Å². The minimum Gasteiger partial charge on any atom is -0.494 e. The number of aromatic nitrogens is 3. The van der Waals surface area contributed by atoms with Crippen LogP contribution in [0, 0.1) is 0 Å². The molecule has 102 valence electrons. The summed E-state index contributed by atoms with van der Waals surface area (Å²) in [5.74, 6) is 2.08. The number of anilines is 1. The van der Waals surface area contributed by atoms with Crippen LogP contribution < -0.4 is 15.2 Å². The van der Waals surface area contributed by atoms with Gasteiger partial charge in [-0.05, 0) is 30.7 Å². The number of hydrogen-bond acceptors (Lipinski definition) is 5. The van der Waals surface area contributed by atoms with Crippen molar-refractivity contribution in [2.24, 2.45) is 0 Å². The summed E-state index contributed by atoms with van der Waals surface area (Å²) in [6.45, 7) is 3.93. The van der Waals surface area contributed by atoms with E-state index in [1.165, 1.54) is 0 Å². The first-order valence-corrected chi connectivity index (χ1v) is 6.29. The largest absolute Gasteiger partial charge is 0.494 e. The molecule has 0 fully saturated rings. The highest BCUT2D eigenvalue weighted by atomic mass is 16.5. The second-order valence-electron chi connectivity index (χ2n) is 4.07. The highest BCUT2D eigenvalue weighted by Gasteiger charge is 1.98. The van der Waals surface area contributed by atoms with E-state index in [4.69, 9.17) is 15.2 Å². The summed E-state index contributed by atoms with van der Waals surface area (Å²) in [5, 5.41) is 7.54. The molecule has 0 bridgehead atoms. The van der Waals surface area contributed by atoms with Crippen LogP contribution in [0.25, 0.3) is 0 Å². The van der Waals surface area contributed by atoms with Gasteiger partial charge in [-0.25, -0.2) is 4.68 Å². The number of ether oxygens (including phenoxy) is 2. The first-order valence-electron chi connectivity index (χ1n) is 6.29. The summed E-state index contributed by atoms with van der Waals surface area (Å²) < 4.78 is 12.7. The van der Waals surface area contributed by atoms with Gasteiger partial charge in [0.15, 0.2) is 5.82 Å². The summed E-state index contributed by atoms with van der Waals surface area (Å²) in [4.78, 5) is 0. The van der Waals surface area contributed by atoms with E-state index < -0.39 is 0 Å². The molecule has 1 heterocycles. The van der Waals surface area contributed by atoms with Gasteiger partial charge < -0.3 is 15.2 Å². The Labute approximate surface area is 112 Å². The van der Waals surface area contributed by atoms with Crippen molar-refractivity contribution < 1.29 is 9.47 Å². The van der Waals surface area contributed by atoms with Gasteiger partial charge in [-0.2, -0.15) is 0 Å². The Bertz CT molecular complexity index is 496. The molecular weight excluding hydrogens is 244 g/mol. The summed E-state index contributed by atoms with van der Waals surface area (Å²) in [7, 11) is 0. The topological polar surface area (TPSA) is 75.2 Å². The lowest BCUT2D eigenvalue weighted by molar-refractivity contribution is 0.287. The number of hydrogen-bond donors (Lipinski definition) is 1. The lowest BCUT2D eigenvalue weighted by Gasteiger charge is -2.08. The van der Waals surface area contributed by atoms with Crippen LogP contribution in [0.4, 0.5) is 5.82 Å². The second-order valence-corrected chi connectivity index (χ2v) is 4.07. The molecule has 6 heteroatoms. The van der Waals surface area contributed by atoms with Crippen LogP contribution in [0.1, 0.15) is 13.3 Å². The molecule has 2 rings (SSSR count). The van der Waals surface area contributed by atoms with E-state index in [1.54, 1.807) is 10.9 Å². The van der Waals surface area contributed by atoms with E-state index in [1.807, 2.05) is 24.3 Å². The average Bonchev–Trinajstić information content (AvgIpc) is 2.84. The summed E-state index contributed by atoms with van der Waals surface area (Å²) in [6, 6.07) is 7.58. The molecule has 19 heavy (non-hydrogen) atoms. The minimum atomic E-state index is 0.414. The first-order chi connectivity index (χ1) is 9.28. The van der Waals surface area contributed by atoms with Gasteiger partial charge in [0.2, 0.25) is 0 Å². The van der Waals surface area contributed by atoms with Gasteiger partial charge in [-0.3, -0.25) is 0 Å². The van der Waals surface area contributed by atoms with Gasteiger partial charge in [0, 0.05) is 0 Å². The molecule has 0 aliphatic heterocycles. The third-order valence-electron chi connectivity index (χ3n) is 2.44. The Hall–Kier alpha value is -2.24. The monoisotopic (exact) mass is 262 g/mol. The number of nitrogens with two attached hydrogens (primary N) is 1. The van der Waals surface area contributed by atoms with Crippen LogP contribution in [0.2, 0.25) is 0 Å². The van der Waals surface area contributed by atoms with Crippen molar-refractivity contribution in [1.29, 1.82) is 0 Å². The van der Waals surface area contributed by atoms with Gasteiger partial charge in [0.25, 0.3) is 0 Å². The van der Waals surface area contributed by atoms with E-state index in [0.29, 0.717) is 19.0 Å². The Morgan fingerprint density at radius 1 is 1.11 bits per heavy atom. The molecule has 0 aliphatic carbocycles. The highest BCUT2D eigenvalue weighted by Crippen LogP contribution is 2.17. The standard InChI is InChI=1S/C13H18N4O2/c1-2-8-18-11-3-5-12(6-4-11)19-9-7-17-10-13(14)15-16-17/h3-6,10H,2,7-9,14H2,1H3. The Kier molecular flexibility index (Phi) is 4.60. The van der Waals surface area contributed by atoms with E-state index in [0.717, 1.165) is 24.5 Å². The van der Waals surface area contributed by atoms with Crippen molar-refractivity contribution in [2.45, 2.75) is 19.9 Å². The van der Waals surface area contributed by atoms with Gasteiger partial charge in [-0.1, -0.05) is 12.1 Å². The molecule has 2 N–H and O–H groups in total. The summed E-state index contributed by atoms with van der Waals surface area (Å²) in [6.07, 6.45) is 2.67. The maximum Gasteiger partial charge on any atom is 0.165 e. The van der Waals surface area contributed by atoms with Gasteiger partial charge >= 0.3 is 0 Å². The quantitative estimate of drug-likeness (QED) is 0.822. The van der Waals surface area contributed by atoms with Gasteiger partial charge in [0.05, 0.1) is 19.3 Å². The fourth-order valence-corrected chi connectivity index (χ4v) is 1.53. The van der Waals surface area contributed by atoms with Crippen LogP contribution in [0.15, 0.2) is 30.5 Å². The fraction of sp³-hybridized carbons (Fsp3) is 0.385. The maximum absolute atomic E-state index is 5.59. The van der Waals surface area contributed by atoms with Crippen molar-refractivity contribution in [3.63, 3.8) is 0 Å². The molecule has 0 amide bonds. The molecule has 0 saturated carbocycles. The zero-order valence-electron chi connectivity index (χ0n) is 11.0. The molecule has 0 radical (unpaired) electrons. The third kappa shape index (κ3) is 4.17. The molecule has 2 aromatic rings. The molecular formula is C13H18N4O2. The SMILES string of the molecule is CCCOc1ccc(OCCn2cc(N)nn2)cc1. The van der Waals surface area contributed by atoms with Crippen LogP contribution >= 0.6 is 0 Å². The Morgan fingerprint density at radius 3 is 2.26 bits per heavy atom. The van der Waals surface area contributed by atoms with Gasteiger partial charge in [0.1, 0.15) is 18.1 Å². The molecule has 1 aromatic carbocycles. The molecule has 0 spiro atoms. The van der Waals surface area contributed by atoms with Crippen LogP contribution in [0.3, 0.4) is 0 Å². The molecule has 6 nitrogen and oxygen atoms in total. The van der Waals surface area contributed by atoms with Gasteiger partial charge in [-0.15, -0.1) is 5.10 Å². The van der Waals surface area contributed by atoms with Crippen molar-refractivity contribution in [1.82, 2.24) is 15.0 Å². The zero-order valence-corrected chi connectivity index (χ0v) is 11.0. The average molecular weight is 262 g/mol. The highest BCUT2D eigenvalue weighted by molar-refractivity contribution is 5.31. The minimum absolute atomic E-state index is 0.414. The predicted octanol–water partition coefficient (Wildman–Crippen LogP) is 1.73. The second kappa shape index (κ2) is 6.63. The first kappa shape index (κ1) is 13.2. The maximum atomic E-state index is 5.59. The fourth-order valence-electron chi connectivity index (χ4n) is 1.53. The smallest absolute Gasteiger partial charge is 0.165 e. The van der Waals surface area contributed by atoms with E-state index in [-0.39, 0.29) is 0 Å². The lowest BCUT2D eigenvalue weighted by Crippen LogP contribution is -2.08.